The zero-order valence-corrected chi connectivity index (χ0v) is 9.77. The van der Waals surface area contributed by atoms with Gasteiger partial charge in [0.15, 0.2) is 0 Å². The first kappa shape index (κ1) is 11.0. The Morgan fingerprint density at radius 3 is 2.23 bits per heavy atom. The Morgan fingerprint density at radius 2 is 1.85 bits per heavy atom. The first-order valence-electron chi connectivity index (χ1n) is 5.85. The summed E-state index contributed by atoms with van der Waals surface area (Å²) in [6.07, 6.45) is 5.50. The molecule has 1 nitrogen and oxygen atoms in total. The average molecular weight is 183 g/mol. The smallest absolute Gasteiger partial charge is 0.0150 e. The lowest BCUT2D eigenvalue weighted by atomic mass is 9.98. The van der Waals surface area contributed by atoms with Crippen LogP contribution >= 0.6 is 0 Å². The average Bonchev–Trinajstić information content (AvgIpc) is 2.87. The fourth-order valence-electron chi connectivity index (χ4n) is 1.75. The molecule has 0 spiro atoms. The van der Waals surface area contributed by atoms with Crippen LogP contribution in [0.25, 0.3) is 0 Å². The van der Waals surface area contributed by atoms with E-state index >= 15 is 0 Å². The zero-order chi connectivity index (χ0) is 9.90. The summed E-state index contributed by atoms with van der Waals surface area (Å²) in [5.74, 6) is 1.03. The molecule has 0 heterocycles. The number of hydrogen-bond acceptors (Lipinski definition) is 1. The molecule has 0 aromatic carbocycles. The van der Waals surface area contributed by atoms with E-state index in [1.54, 1.807) is 0 Å². The van der Waals surface area contributed by atoms with E-state index in [2.05, 4.69) is 32.6 Å². The summed E-state index contributed by atoms with van der Waals surface area (Å²) in [5, 5.41) is 0. The molecule has 0 aromatic rings. The highest BCUT2D eigenvalue weighted by Gasteiger charge is 2.30. The van der Waals surface area contributed by atoms with Gasteiger partial charge in [-0.15, -0.1) is 0 Å². The lowest BCUT2D eigenvalue weighted by molar-refractivity contribution is 0.109. The molecule has 0 N–H and O–H groups in total. The van der Waals surface area contributed by atoms with Crippen LogP contribution in [-0.4, -0.2) is 23.5 Å². The van der Waals surface area contributed by atoms with Crippen molar-refractivity contribution >= 4 is 0 Å². The Balaban J connectivity index is 2.43. The highest BCUT2D eigenvalue weighted by Crippen LogP contribution is 2.32. The van der Waals surface area contributed by atoms with Crippen molar-refractivity contribution < 1.29 is 0 Å². The van der Waals surface area contributed by atoms with Gasteiger partial charge in [-0.25, -0.2) is 0 Å². The molecule has 1 aliphatic carbocycles. The maximum absolute atomic E-state index is 2.69. The molecule has 1 heteroatoms. The summed E-state index contributed by atoms with van der Waals surface area (Å²) in [7, 11) is 0. The van der Waals surface area contributed by atoms with Gasteiger partial charge < -0.3 is 0 Å². The van der Waals surface area contributed by atoms with Crippen LogP contribution in [-0.2, 0) is 0 Å². The van der Waals surface area contributed by atoms with Crippen LogP contribution in [0.15, 0.2) is 0 Å². The molecule has 0 radical (unpaired) electrons. The first-order chi connectivity index (χ1) is 6.10. The summed E-state index contributed by atoms with van der Waals surface area (Å²) >= 11 is 0. The standard InChI is InChI=1S/C12H25N/c1-5-9-13(10-11-7-8-11)12(3,4)6-2/h11H,5-10H2,1-4H3. The van der Waals surface area contributed by atoms with Crippen molar-refractivity contribution in [2.24, 2.45) is 5.92 Å². The summed E-state index contributed by atoms with van der Waals surface area (Å²) < 4.78 is 0. The third-order valence-corrected chi connectivity index (χ3v) is 3.39. The van der Waals surface area contributed by atoms with Crippen molar-refractivity contribution in [3.63, 3.8) is 0 Å². The lowest BCUT2D eigenvalue weighted by Gasteiger charge is -2.38. The molecule has 1 fully saturated rings. The molecule has 0 amide bonds. The van der Waals surface area contributed by atoms with Gasteiger partial charge in [0.2, 0.25) is 0 Å². The molecule has 78 valence electrons. The quantitative estimate of drug-likeness (QED) is 0.611. The lowest BCUT2D eigenvalue weighted by Crippen LogP contribution is -2.44. The molecule has 13 heavy (non-hydrogen) atoms. The predicted molar refractivity (Wildman–Crippen MR) is 59.0 cm³/mol. The summed E-state index contributed by atoms with van der Waals surface area (Å²) in [5.41, 5.74) is 0.415. The van der Waals surface area contributed by atoms with E-state index in [-0.39, 0.29) is 0 Å². The number of hydrogen-bond donors (Lipinski definition) is 0. The van der Waals surface area contributed by atoms with E-state index in [0.717, 1.165) is 5.92 Å². The van der Waals surface area contributed by atoms with Crippen LogP contribution in [0, 0.1) is 5.92 Å². The summed E-state index contributed by atoms with van der Waals surface area (Å²) in [6, 6.07) is 0. The second-order valence-corrected chi connectivity index (χ2v) is 5.06. The van der Waals surface area contributed by atoms with E-state index in [9.17, 15) is 0 Å². The minimum Gasteiger partial charge on any atom is -0.298 e. The molecule has 0 atom stereocenters. The van der Waals surface area contributed by atoms with Crippen LogP contribution in [0.4, 0.5) is 0 Å². The van der Waals surface area contributed by atoms with Gasteiger partial charge in [-0.3, -0.25) is 4.90 Å². The first-order valence-corrected chi connectivity index (χ1v) is 5.85. The van der Waals surface area contributed by atoms with Gasteiger partial charge >= 0.3 is 0 Å². The Morgan fingerprint density at radius 1 is 1.23 bits per heavy atom. The SMILES string of the molecule is CCCN(CC1CC1)C(C)(C)CC. The fourth-order valence-corrected chi connectivity index (χ4v) is 1.75. The highest BCUT2D eigenvalue weighted by molar-refractivity contribution is 4.85. The van der Waals surface area contributed by atoms with Crippen molar-refractivity contribution in [3.8, 4) is 0 Å². The van der Waals surface area contributed by atoms with Crippen LogP contribution < -0.4 is 0 Å². The molecule has 0 saturated heterocycles. The van der Waals surface area contributed by atoms with Crippen molar-refractivity contribution in [2.75, 3.05) is 13.1 Å². The van der Waals surface area contributed by atoms with Gasteiger partial charge in [-0.05, 0) is 52.0 Å². The molecule has 0 aromatic heterocycles. The van der Waals surface area contributed by atoms with Crippen LogP contribution in [0.3, 0.4) is 0 Å². The number of nitrogens with zero attached hydrogens (tertiary/aromatic N) is 1. The van der Waals surface area contributed by atoms with Crippen LogP contribution in [0.2, 0.25) is 0 Å². The summed E-state index contributed by atoms with van der Waals surface area (Å²) in [6.45, 7) is 12.0. The molecule has 1 aliphatic rings. The van der Waals surface area contributed by atoms with Crippen molar-refractivity contribution in [1.82, 2.24) is 4.90 Å². The predicted octanol–water partition coefficient (Wildman–Crippen LogP) is 3.30. The van der Waals surface area contributed by atoms with Gasteiger partial charge in [-0.2, -0.15) is 0 Å². The van der Waals surface area contributed by atoms with E-state index in [1.807, 2.05) is 0 Å². The minimum absolute atomic E-state index is 0.415. The van der Waals surface area contributed by atoms with Crippen LogP contribution in [0.5, 0.6) is 0 Å². The topological polar surface area (TPSA) is 3.24 Å². The Hall–Kier alpha value is -0.0400. The third kappa shape index (κ3) is 3.30. The molecule has 1 rings (SSSR count). The normalized spacial score (nSPS) is 18.2. The van der Waals surface area contributed by atoms with Gasteiger partial charge in [0.1, 0.15) is 0 Å². The van der Waals surface area contributed by atoms with Gasteiger partial charge in [0, 0.05) is 12.1 Å². The number of rotatable bonds is 6. The van der Waals surface area contributed by atoms with Crippen molar-refractivity contribution in [1.29, 1.82) is 0 Å². The highest BCUT2D eigenvalue weighted by atomic mass is 15.2. The maximum atomic E-state index is 2.69. The van der Waals surface area contributed by atoms with Crippen LogP contribution in [0.1, 0.15) is 53.4 Å². The van der Waals surface area contributed by atoms with Crippen molar-refractivity contribution in [3.05, 3.63) is 0 Å². The summed E-state index contributed by atoms with van der Waals surface area (Å²) in [4.78, 5) is 2.69. The fraction of sp³-hybridized carbons (Fsp3) is 1.00. The molecule has 0 unspecified atom stereocenters. The monoisotopic (exact) mass is 183 g/mol. The Bertz CT molecular complexity index is 147. The largest absolute Gasteiger partial charge is 0.298 e. The van der Waals surface area contributed by atoms with Gasteiger partial charge in [0.05, 0.1) is 0 Å². The van der Waals surface area contributed by atoms with E-state index < -0.39 is 0 Å². The van der Waals surface area contributed by atoms with E-state index in [4.69, 9.17) is 0 Å². The minimum atomic E-state index is 0.415. The maximum Gasteiger partial charge on any atom is 0.0150 e. The van der Waals surface area contributed by atoms with Gasteiger partial charge in [0.25, 0.3) is 0 Å². The Labute approximate surface area is 83.5 Å². The second kappa shape index (κ2) is 4.45. The Kier molecular flexibility index (Phi) is 3.78. The second-order valence-electron chi connectivity index (χ2n) is 5.06. The van der Waals surface area contributed by atoms with E-state index in [1.165, 1.54) is 38.8 Å². The van der Waals surface area contributed by atoms with E-state index in [0.29, 0.717) is 5.54 Å². The molecule has 0 bridgehead atoms. The molecular formula is C12H25N. The third-order valence-electron chi connectivity index (χ3n) is 3.39. The molecular weight excluding hydrogens is 158 g/mol. The molecule has 0 aliphatic heterocycles. The molecule has 1 saturated carbocycles. The van der Waals surface area contributed by atoms with Crippen molar-refractivity contribution in [2.45, 2.75) is 58.9 Å². The zero-order valence-electron chi connectivity index (χ0n) is 9.77. The van der Waals surface area contributed by atoms with Gasteiger partial charge in [-0.1, -0.05) is 13.8 Å².